The van der Waals surface area contributed by atoms with E-state index in [0.29, 0.717) is 17.9 Å². The van der Waals surface area contributed by atoms with E-state index in [-0.39, 0.29) is 11.3 Å². The Bertz CT molecular complexity index is 1240. The second-order valence-corrected chi connectivity index (χ2v) is 6.28. The molecule has 1 amide bonds. The van der Waals surface area contributed by atoms with Crippen LogP contribution in [0.25, 0.3) is 16.6 Å². The zero-order chi connectivity index (χ0) is 19.7. The fraction of sp³-hybridized carbons (Fsp3) is 0.150. The third kappa shape index (κ3) is 3.05. The van der Waals surface area contributed by atoms with E-state index in [1.807, 2.05) is 37.3 Å². The van der Waals surface area contributed by atoms with Gasteiger partial charge in [-0.15, -0.1) is 5.10 Å². The maximum absolute atomic E-state index is 12.7. The number of carbonyl (C=O) groups excluding carboxylic acids is 1. The van der Waals surface area contributed by atoms with Gasteiger partial charge in [0, 0.05) is 30.4 Å². The lowest BCUT2D eigenvalue weighted by Gasteiger charge is -2.08. The minimum Gasteiger partial charge on any atom is -0.319 e. The van der Waals surface area contributed by atoms with Crippen molar-refractivity contribution in [3.8, 4) is 5.69 Å². The first-order valence-electron chi connectivity index (χ1n) is 8.86. The van der Waals surface area contributed by atoms with Crippen LogP contribution in [0.1, 0.15) is 23.1 Å². The number of aryl methyl sites for hydroxylation is 1. The van der Waals surface area contributed by atoms with Crippen LogP contribution in [0.5, 0.6) is 0 Å². The molecule has 8 nitrogen and oxygen atoms in total. The monoisotopic (exact) mass is 374 g/mol. The van der Waals surface area contributed by atoms with Crippen LogP contribution < -0.4 is 10.9 Å². The second kappa shape index (κ2) is 7.07. The third-order valence-electron chi connectivity index (χ3n) is 4.53. The highest BCUT2D eigenvalue weighted by Gasteiger charge is 2.19. The lowest BCUT2D eigenvalue weighted by molar-refractivity contribution is 0.102. The van der Waals surface area contributed by atoms with Crippen molar-refractivity contribution in [1.82, 2.24) is 24.5 Å². The number of pyridine rings is 2. The molecule has 0 spiro atoms. The zero-order valence-electron chi connectivity index (χ0n) is 15.5. The molecular weight excluding hydrogens is 356 g/mol. The molecular formula is C20H18N6O2. The number of nitrogens with zero attached hydrogens (tertiary/aromatic N) is 5. The molecule has 0 radical (unpaired) electrons. The van der Waals surface area contributed by atoms with E-state index >= 15 is 0 Å². The molecule has 140 valence electrons. The molecule has 1 N–H and O–H groups in total. The molecule has 0 aliphatic rings. The highest BCUT2D eigenvalue weighted by atomic mass is 16.2. The highest BCUT2D eigenvalue weighted by Crippen LogP contribution is 2.21. The summed E-state index contributed by atoms with van der Waals surface area (Å²) in [6.07, 6.45) is 3.32. The van der Waals surface area contributed by atoms with Crippen LogP contribution >= 0.6 is 0 Å². The average Bonchev–Trinajstić information content (AvgIpc) is 3.10. The highest BCUT2D eigenvalue weighted by molar-refractivity contribution is 6.03. The Hall–Kier alpha value is -3.81. The number of rotatable bonds is 4. The van der Waals surface area contributed by atoms with Crippen molar-refractivity contribution in [2.75, 3.05) is 5.32 Å². The number of carbonyl (C=O) groups is 1. The molecule has 0 saturated carbocycles. The van der Waals surface area contributed by atoms with E-state index in [2.05, 4.69) is 20.6 Å². The summed E-state index contributed by atoms with van der Waals surface area (Å²) in [5.41, 5.74) is 2.74. The number of aromatic nitrogens is 5. The predicted molar refractivity (Wildman–Crippen MR) is 106 cm³/mol. The second-order valence-electron chi connectivity index (χ2n) is 6.28. The molecule has 8 heteroatoms. The number of amides is 1. The van der Waals surface area contributed by atoms with E-state index in [1.165, 1.54) is 10.6 Å². The average molecular weight is 374 g/mol. The summed E-state index contributed by atoms with van der Waals surface area (Å²) < 4.78 is 3.12. The molecule has 0 aliphatic heterocycles. The van der Waals surface area contributed by atoms with Crippen LogP contribution in [-0.2, 0) is 6.54 Å². The van der Waals surface area contributed by atoms with Crippen molar-refractivity contribution in [3.05, 3.63) is 76.6 Å². The normalized spacial score (nSPS) is 10.9. The van der Waals surface area contributed by atoms with Crippen molar-refractivity contribution in [3.63, 3.8) is 0 Å². The lowest BCUT2D eigenvalue weighted by atomic mass is 10.2. The predicted octanol–water partition coefficient (Wildman–Crippen LogP) is 2.56. The number of fused-ring (bicyclic) bond motifs is 1. The Kier molecular flexibility index (Phi) is 4.44. The number of hydrogen-bond donors (Lipinski definition) is 1. The molecule has 0 bridgehead atoms. The maximum Gasteiger partial charge on any atom is 0.278 e. The van der Waals surface area contributed by atoms with Crippen LogP contribution in [0.3, 0.4) is 0 Å². The van der Waals surface area contributed by atoms with Crippen LogP contribution in [0.4, 0.5) is 5.69 Å². The molecule has 1 aromatic carbocycles. The number of nitrogens with one attached hydrogen (secondary N) is 1. The summed E-state index contributed by atoms with van der Waals surface area (Å²) in [6.45, 7) is 4.16. The minimum atomic E-state index is -0.391. The molecule has 0 unspecified atom stereocenters. The van der Waals surface area contributed by atoms with Crippen LogP contribution in [-0.4, -0.2) is 30.5 Å². The molecule has 4 rings (SSSR count). The Morgan fingerprint density at radius 1 is 1.14 bits per heavy atom. The summed E-state index contributed by atoms with van der Waals surface area (Å²) in [4.78, 5) is 28.8. The summed E-state index contributed by atoms with van der Waals surface area (Å²) in [6, 6.07) is 12.6. The molecule has 3 heterocycles. The van der Waals surface area contributed by atoms with E-state index in [1.54, 1.807) is 30.1 Å². The first-order valence-corrected chi connectivity index (χ1v) is 8.86. The molecule has 0 fully saturated rings. The van der Waals surface area contributed by atoms with Gasteiger partial charge >= 0.3 is 0 Å². The van der Waals surface area contributed by atoms with Crippen LogP contribution in [0.2, 0.25) is 0 Å². The quantitative estimate of drug-likeness (QED) is 0.592. The first-order chi connectivity index (χ1) is 13.6. The Morgan fingerprint density at radius 2 is 1.96 bits per heavy atom. The molecule has 0 aliphatic carbocycles. The Balaban J connectivity index is 1.68. The SMILES string of the molecule is CCn1cc(NC(=O)c2nnn(-c3cccc4cccnc34)c2C)ccc1=O. The number of benzene rings is 1. The van der Waals surface area contributed by atoms with Crippen LogP contribution in [0, 0.1) is 6.92 Å². The maximum atomic E-state index is 12.7. The zero-order valence-corrected chi connectivity index (χ0v) is 15.5. The van der Waals surface area contributed by atoms with Gasteiger partial charge in [-0.3, -0.25) is 14.6 Å². The summed E-state index contributed by atoms with van der Waals surface area (Å²) in [5, 5.41) is 12.0. The molecule has 3 aromatic heterocycles. The molecule has 4 aromatic rings. The topological polar surface area (TPSA) is 94.7 Å². The van der Waals surface area contributed by atoms with Gasteiger partial charge in [0.25, 0.3) is 11.5 Å². The number of anilines is 1. The molecule has 28 heavy (non-hydrogen) atoms. The smallest absolute Gasteiger partial charge is 0.278 e. The number of hydrogen-bond acceptors (Lipinski definition) is 5. The van der Waals surface area contributed by atoms with E-state index < -0.39 is 5.91 Å². The molecule has 0 saturated heterocycles. The van der Waals surface area contributed by atoms with Crippen molar-refractivity contribution >= 4 is 22.5 Å². The fourth-order valence-electron chi connectivity index (χ4n) is 3.07. The van der Waals surface area contributed by atoms with Gasteiger partial charge < -0.3 is 9.88 Å². The standard InChI is InChI=1S/C20H18N6O2/c1-3-25-12-15(9-10-17(25)27)22-20(28)18-13(2)26(24-23-18)16-8-4-6-14-7-5-11-21-19(14)16/h4-12H,3H2,1-2H3,(H,22,28). The van der Waals surface area contributed by atoms with E-state index in [4.69, 9.17) is 0 Å². The third-order valence-corrected chi connectivity index (χ3v) is 4.53. The van der Waals surface area contributed by atoms with Gasteiger partial charge in [-0.25, -0.2) is 4.68 Å². The van der Waals surface area contributed by atoms with Gasteiger partial charge in [-0.1, -0.05) is 23.4 Å². The van der Waals surface area contributed by atoms with Gasteiger partial charge in [-0.2, -0.15) is 0 Å². The van der Waals surface area contributed by atoms with E-state index in [0.717, 1.165) is 16.6 Å². The van der Waals surface area contributed by atoms with Crippen LogP contribution in [0.15, 0.2) is 59.7 Å². The minimum absolute atomic E-state index is 0.119. The van der Waals surface area contributed by atoms with Crippen molar-refractivity contribution in [1.29, 1.82) is 0 Å². The van der Waals surface area contributed by atoms with E-state index in [9.17, 15) is 9.59 Å². The summed E-state index contributed by atoms with van der Waals surface area (Å²) in [5.74, 6) is -0.391. The first kappa shape index (κ1) is 17.6. The number of para-hydroxylation sites is 1. The van der Waals surface area contributed by atoms with Gasteiger partial charge in [0.1, 0.15) is 0 Å². The fourth-order valence-corrected chi connectivity index (χ4v) is 3.07. The van der Waals surface area contributed by atoms with Crippen molar-refractivity contribution in [2.45, 2.75) is 20.4 Å². The lowest BCUT2D eigenvalue weighted by Crippen LogP contribution is -2.20. The van der Waals surface area contributed by atoms with Gasteiger partial charge in [0.2, 0.25) is 0 Å². The summed E-state index contributed by atoms with van der Waals surface area (Å²) in [7, 11) is 0. The van der Waals surface area contributed by atoms with Gasteiger partial charge in [0.05, 0.1) is 22.6 Å². The van der Waals surface area contributed by atoms with Gasteiger partial charge in [0.15, 0.2) is 5.69 Å². The van der Waals surface area contributed by atoms with Crippen molar-refractivity contribution < 1.29 is 4.79 Å². The Labute approximate surface area is 160 Å². The van der Waals surface area contributed by atoms with Crippen molar-refractivity contribution in [2.24, 2.45) is 0 Å². The Morgan fingerprint density at radius 3 is 2.79 bits per heavy atom. The summed E-state index contributed by atoms with van der Waals surface area (Å²) >= 11 is 0. The molecule has 0 atom stereocenters. The largest absolute Gasteiger partial charge is 0.319 e. The van der Waals surface area contributed by atoms with Gasteiger partial charge in [-0.05, 0) is 32.0 Å².